The Bertz CT molecular complexity index is 507. The van der Waals surface area contributed by atoms with Crippen LogP contribution in [0.15, 0.2) is 30.6 Å². The van der Waals surface area contributed by atoms with Gasteiger partial charge in [-0.15, -0.1) is 0 Å². The number of aromatic nitrogens is 2. The molecule has 2 N–H and O–H groups in total. The molecule has 0 aliphatic carbocycles. The second kappa shape index (κ2) is 4.32. The Labute approximate surface area is 92.7 Å². The topological polar surface area (TPSA) is 66.6 Å². The summed E-state index contributed by atoms with van der Waals surface area (Å²) in [5.41, 5.74) is 1.99. The van der Waals surface area contributed by atoms with Crippen LogP contribution in [-0.2, 0) is 11.3 Å². The molecule has 1 atom stereocenters. The van der Waals surface area contributed by atoms with Crippen molar-refractivity contribution < 1.29 is 9.90 Å². The molecule has 5 nitrogen and oxygen atoms in total. The monoisotopic (exact) mass is 219 g/mol. The second-order valence-electron chi connectivity index (χ2n) is 3.64. The van der Waals surface area contributed by atoms with Crippen molar-refractivity contribution in [2.24, 2.45) is 0 Å². The van der Waals surface area contributed by atoms with E-state index in [1.807, 2.05) is 24.4 Å². The standard InChI is InChI=1S/C11H13N3O2/c1-8(11(15)16)12-6-9-7-13-14-5-3-2-4-10(9)14/h2-5,7-8,12H,6H2,1H3,(H,15,16). The van der Waals surface area contributed by atoms with Crippen LogP contribution < -0.4 is 5.32 Å². The highest BCUT2D eigenvalue weighted by Gasteiger charge is 2.10. The van der Waals surface area contributed by atoms with Crippen LogP contribution in [0.4, 0.5) is 0 Å². The number of aliphatic carboxylic acids is 1. The van der Waals surface area contributed by atoms with Crippen LogP contribution in [0.3, 0.4) is 0 Å². The molecule has 2 aromatic heterocycles. The van der Waals surface area contributed by atoms with Crippen LogP contribution in [0, 0.1) is 0 Å². The van der Waals surface area contributed by atoms with Crippen molar-refractivity contribution in [1.29, 1.82) is 0 Å². The van der Waals surface area contributed by atoms with Gasteiger partial charge in [0.2, 0.25) is 0 Å². The smallest absolute Gasteiger partial charge is 0.320 e. The van der Waals surface area contributed by atoms with E-state index < -0.39 is 12.0 Å². The first-order chi connectivity index (χ1) is 7.68. The SMILES string of the molecule is CC(NCc1cnn2ccccc12)C(=O)O. The predicted molar refractivity (Wildman–Crippen MR) is 59.1 cm³/mol. The summed E-state index contributed by atoms with van der Waals surface area (Å²) < 4.78 is 1.77. The Balaban J connectivity index is 2.13. The third kappa shape index (κ3) is 2.04. The molecule has 84 valence electrons. The normalized spacial score (nSPS) is 12.8. The molecular formula is C11H13N3O2. The Morgan fingerprint density at radius 3 is 3.19 bits per heavy atom. The highest BCUT2D eigenvalue weighted by Crippen LogP contribution is 2.09. The van der Waals surface area contributed by atoms with Crippen molar-refractivity contribution in [2.45, 2.75) is 19.5 Å². The maximum Gasteiger partial charge on any atom is 0.320 e. The molecule has 0 saturated carbocycles. The van der Waals surface area contributed by atoms with Crippen molar-refractivity contribution in [3.63, 3.8) is 0 Å². The Morgan fingerprint density at radius 2 is 2.44 bits per heavy atom. The minimum Gasteiger partial charge on any atom is -0.480 e. The van der Waals surface area contributed by atoms with Gasteiger partial charge in [0.1, 0.15) is 6.04 Å². The quantitative estimate of drug-likeness (QED) is 0.801. The van der Waals surface area contributed by atoms with Gasteiger partial charge in [0.15, 0.2) is 0 Å². The van der Waals surface area contributed by atoms with Crippen molar-refractivity contribution in [3.05, 3.63) is 36.2 Å². The molecule has 5 heteroatoms. The summed E-state index contributed by atoms with van der Waals surface area (Å²) in [6.45, 7) is 2.12. The zero-order valence-corrected chi connectivity index (χ0v) is 8.92. The number of nitrogens with zero attached hydrogens (tertiary/aromatic N) is 2. The summed E-state index contributed by atoms with van der Waals surface area (Å²) in [6, 6.07) is 5.23. The van der Waals surface area contributed by atoms with E-state index in [9.17, 15) is 4.79 Å². The molecule has 2 rings (SSSR count). The Kier molecular flexibility index (Phi) is 2.87. The zero-order valence-electron chi connectivity index (χ0n) is 8.92. The minimum absolute atomic E-state index is 0.501. The van der Waals surface area contributed by atoms with Gasteiger partial charge in [-0.05, 0) is 19.1 Å². The van der Waals surface area contributed by atoms with Crippen molar-refractivity contribution in [3.8, 4) is 0 Å². The summed E-state index contributed by atoms with van der Waals surface area (Å²) in [5.74, 6) is -0.850. The van der Waals surface area contributed by atoms with E-state index in [2.05, 4.69) is 10.4 Å². The molecule has 0 aliphatic heterocycles. The summed E-state index contributed by atoms with van der Waals surface area (Å²) in [7, 11) is 0. The molecule has 0 amide bonds. The number of hydrogen-bond acceptors (Lipinski definition) is 3. The predicted octanol–water partition coefficient (Wildman–Crippen LogP) is 0.897. The number of rotatable bonds is 4. The van der Waals surface area contributed by atoms with Gasteiger partial charge in [0, 0.05) is 18.3 Å². The summed E-state index contributed by atoms with van der Waals surface area (Å²) in [5, 5.41) is 15.8. The van der Waals surface area contributed by atoms with Crippen LogP contribution in [0.5, 0.6) is 0 Å². The molecule has 2 aromatic rings. The van der Waals surface area contributed by atoms with Crippen LogP contribution in [-0.4, -0.2) is 26.7 Å². The van der Waals surface area contributed by atoms with Crippen LogP contribution in [0.25, 0.3) is 5.52 Å². The van der Waals surface area contributed by atoms with Gasteiger partial charge in [-0.2, -0.15) is 5.10 Å². The summed E-state index contributed by atoms with van der Waals surface area (Å²) in [6.07, 6.45) is 3.61. The number of carbonyl (C=O) groups is 1. The van der Waals surface area contributed by atoms with E-state index in [0.29, 0.717) is 6.54 Å². The average molecular weight is 219 g/mol. The molecule has 0 aromatic carbocycles. The molecule has 0 radical (unpaired) electrons. The van der Waals surface area contributed by atoms with Gasteiger partial charge in [-0.25, -0.2) is 4.52 Å². The van der Waals surface area contributed by atoms with Crippen LogP contribution >= 0.6 is 0 Å². The van der Waals surface area contributed by atoms with Gasteiger partial charge < -0.3 is 10.4 Å². The zero-order chi connectivity index (χ0) is 11.5. The number of fused-ring (bicyclic) bond motifs is 1. The van der Waals surface area contributed by atoms with Crippen LogP contribution in [0.1, 0.15) is 12.5 Å². The second-order valence-corrected chi connectivity index (χ2v) is 3.64. The van der Waals surface area contributed by atoms with Gasteiger partial charge in [-0.1, -0.05) is 6.07 Å². The first kappa shape index (κ1) is 10.6. The third-order valence-corrected chi connectivity index (χ3v) is 2.48. The molecular weight excluding hydrogens is 206 g/mol. The molecule has 0 spiro atoms. The lowest BCUT2D eigenvalue weighted by Gasteiger charge is -2.07. The maximum atomic E-state index is 10.6. The first-order valence-corrected chi connectivity index (χ1v) is 5.06. The molecule has 0 bridgehead atoms. The lowest BCUT2D eigenvalue weighted by Crippen LogP contribution is -2.33. The van der Waals surface area contributed by atoms with E-state index in [1.165, 1.54) is 0 Å². The molecule has 0 saturated heterocycles. The van der Waals surface area contributed by atoms with Crippen molar-refractivity contribution in [1.82, 2.24) is 14.9 Å². The Morgan fingerprint density at radius 1 is 1.62 bits per heavy atom. The van der Waals surface area contributed by atoms with E-state index in [1.54, 1.807) is 17.6 Å². The molecule has 0 fully saturated rings. The number of pyridine rings is 1. The van der Waals surface area contributed by atoms with Crippen LogP contribution in [0.2, 0.25) is 0 Å². The van der Waals surface area contributed by atoms with E-state index in [-0.39, 0.29) is 0 Å². The number of carboxylic acid groups (broad SMARTS) is 1. The molecule has 16 heavy (non-hydrogen) atoms. The number of nitrogens with one attached hydrogen (secondary N) is 1. The van der Waals surface area contributed by atoms with E-state index in [4.69, 9.17) is 5.11 Å². The molecule has 2 heterocycles. The molecule has 1 unspecified atom stereocenters. The minimum atomic E-state index is -0.850. The molecule has 0 aliphatic rings. The summed E-state index contributed by atoms with van der Waals surface area (Å²) in [4.78, 5) is 10.6. The lowest BCUT2D eigenvalue weighted by atomic mass is 10.2. The van der Waals surface area contributed by atoms with E-state index >= 15 is 0 Å². The highest BCUT2D eigenvalue weighted by molar-refractivity contribution is 5.72. The lowest BCUT2D eigenvalue weighted by molar-refractivity contribution is -0.139. The van der Waals surface area contributed by atoms with Gasteiger partial charge >= 0.3 is 5.97 Å². The Hall–Kier alpha value is -1.88. The van der Waals surface area contributed by atoms with Gasteiger partial charge in [0.05, 0.1) is 11.7 Å². The van der Waals surface area contributed by atoms with E-state index in [0.717, 1.165) is 11.1 Å². The summed E-state index contributed by atoms with van der Waals surface area (Å²) >= 11 is 0. The maximum absolute atomic E-state index is 10.6. The fourth-order valence-corrected chi connectivity index (χ4v) is 1.47. The fraction of sp³-hybridized carbons (Fsp3) is 0.273. The van der Waals surface area contributed by atoms with Gasteiger partial charge in [0.25, 0.3) is 0 Å². The number of carboxylic acids is 1. The highest BCUT2D eigenvalue weighted by atomic mass is 16.4. The fourth-order valence-electron chi connectivity index (χ4n) is 1.47. The third-order valence-electron chi connectivity index (χ3n) is 2.48. The van der Waals surface area contributed by atoms with Gasteiger partial charge in [-0.3, -0.25) is 4.79 Å². The first-order valence-electron chi connectivity index (χ1n) is 5.06. The largest absolute Gasteiger partial charge is 0.480 e. The van der Waals surface area contributed by atoms with Crippen molar-refractivity contribution >= 4 is 11.5 Å². The number of hydrogen-bond donors (Lipinski definition) is 2. The average Bonchev–Trinajstić information content (AvgIpc) is 2.69. The van der Waals surface area contributed by atoms with Crippen molar-refractivity contribution in [2.75, 3.05) is 0 Å².